The molecule has 0 aliphatic heterocycles. The van der Waals surface area contributed by atoms with E-state index in [2.05, 4.69) is 39.4 Å². The summed E-state index contributed by atoms with van der Waals surface area (Å²) < 4.78 is 1.67. The van der Waals surface area contributed by atoms with Gasteiger partial charge in [-0.25, -0.2) is 4.98 Å². The first-order valence-corrected chi connectivity index (χ1v) is 8.80. The van der Waals surface area contributed by atoms with Gasteiger partial charge in [0.05, 0.1) is 6.20 Å². The van der Waals surface area contributed by atoms with Crippen LogP contribution in [0.2, 0.25) is 0 Å². The molecule has 8 nitrogen and oxygen atoms in total. The Morgan fingerprint density at radius 2 is 2.11 bits per heavy atom. The van der Waals surface area contributed by atoms with E-state index in [-0.39, 0.29) is 17.2 Å². The van der Waals surface area contributed by atoms with Gasteiger partial charge < -0.3 is 10.3 Å². The zero-order valence-electron chi connectivity index (χ0n) is 15.6. The summed E-state index contributed by atoms with van der Waals surface area (Å²) >= 11 is 0. The number of nitrogens with one attached hydrogen (secondary N) is 2. The molecule has 0 spiro atoms. The molecule has 0 unspecified atom stereocenters. The highest BCUT2D eigenvalue weighted by atomic mass is 16.2. The summed E-state index contributed by atoms with van der Waals surface area (Å²) in [7, 11) is 0. The molecule has 0 saturated carbocycles. The first kappa shape index (κ1) is 18.5. The van der Waals surface area contributed by atoms with Crippen molar-refractivity contribution in [3.05, 3.63) is 58.3 Å². The topological polar surface area (TPSA) is 106 Å². The second-order valence-electron chi connectivity index (χ2n) is 6.82. The third-order valence-electron chi connectivity index (χ3n) is 3.97. The van der Waals surface area contributed by atoms with Gasteiger partial charge in [-0.05, 0) is 31.4 Å². The monoisotopic (exact) mass is 366 g/mol. The van der Waals surface area contributed by atoms with Crippen LogP contribution in [0, 0.1) is 12.8 Å². The van der Waals surface area contributed by atoms with E-state index < -0.39 is 0 Å². The van der Waals surface area contributed by atoms with Crippen LogP contribution in [0.1, 0.15) is 36.5 Å². The first-order valence-electron chi connectivity index (χ1n) is 8.80. The minimum atomic E-state index is -0.339. The molecule has 0 bridgehead atoms. The molecule has 2 aromatic heterocycles. The SMILES string of the molecule is Cc1cc(=O)[nH]c(-c2cccc(NC(=O)c3cn(CCC(C)C)nn3)c2)n1. The molecule has 0 saturated heterocycles. The van der Waals surface area contributed by atoms with Crippen LogP contribution in [0.3, 0.4) is 0 Å². The zero-order valence-corrected chi connectivity index (χ0v) is 15.6. The van der Waals surface area contributed by atoms with Crippen molar-refractivity contribution < 1.29 is 4.79 Å². The normalized spacial score (nSPS) is 11.0. The number of aromatic nitrogens is 5. The molecule has 3 aromatic rings. The summed E-state index contributed by atoms with van der Waals surface area (Å²) in [6.07, 6.45) is 2.61. The van der Waals surface area contributed by atoms with Crippen LogP contribution in [-0.2, 0) is 6.54 Å². The van der Waals surface area contributed by atoms with Crippen molar-refractivity contribution in [1.29, 1.82) is 0 Å². The summed E-state index contributed by atoms with van der Waals surface area (Å²) in [5.41, 5.74) is 1.95. The molecular weight excluding hydrogens is 344 g/mol. The van der Waals surface area contributed by atoms with Gasteiger partial charge in [0.25, 0.3) is 11.5 Å². The van der Waals surface area contributed by atoms with Gasteiger partial charge in [-0.2, -0.15) is 0 Å². The van der Waals surface area contributed by atoms with Crippen molar-refractivity contribution in [3.8, 4) is 11.4 Å². The lowest BCUT2D eigenvalue weighted by Crippen LogP contribution is -2.13. The Labute approximate surface area is 156 Å². The van der Waals surface area contributed by atoms with E-state index in [9.17, 15) is 9.59 Å². The Bertz CT molecular complexity index is 1010. The van der Waals surface area contributed by atoms with E-state index >= 15 is 0 Å². The third kappa shape index (κ3) is 4.87. The predicted octanol–water partition coefficient (Wildman–Crippen LogP) is 2.64. The molecule has 1 aromatic carbocycles. The van der Waals surface area contributed by atoms with Crippen molar-refractivity contribution in [1.82, 2.24) is 25.0 Å². The highest BCUT2D eigenvalue weighted by Crippen LogP contribution is 2.19. The van der Waals surface area contributed by atoms with Crippen molar-refractivity contribution in [2.24, 2.45) is 5.92 Å². The van der Waals surface area contributed by atoms with Crippen LogP contribution in [0.15, 0.2) is 41.3 Å². The summed E-state index contributed by atoms with van der Waals surface area (Å²) in [5.74, 6) is 0.667. The number of H-pyrrole nitrogens is 1. The molecule has 2 heterocycles. The summed E-state index contributed by atoms with van der Waals surface area (Å²) in [6, 6.07) is 8.54. The van der Waals surface area contributed by atoms with Gasteiger partial charge in [0.15, 0.2) is 5.69 Å². The molecule has 0 radical (unpaired) electrons. The Balaban J connectivity index is 1.74. The van der Waals surface area contributed by atoms with E-state index in [0.29, 0.717) is 28.7 Å². The first-order chi connectivity index (χ1) is 12.9. The Hall–Kier alpha value is -3.29. The number of carbonyl (C=O) groups excluding carboxylic acids is 1. The van der Waals surface area contributed by atoms with E-state index in [4.69, 9.17) is 0 Å². The number of hydrogen-bond acceptors (Lipinski definition) is 5. The van der Waals surface area contributed by atoms with Gasteiger partial charge >= 0.3 is 0 Å². The number of amides is 1. The van der Waals surface area contributed by atoms with Crippen molar-refractivity contribution in [2.75, 3.05) is 5.32 Å². The number of benzene rings is 1. The van der Waals surface area contributed by atoms with Crippen LogP contribution < -0.4 is 10.9 Å². The highest BCUT2D eigenvalue weighted by Gasteiger charge is 2.12. The van der Waals surface area contributed by atoms with Gasteiger partial charge in [-0.3, -0.25) is 14.3 Å². The van der Waals surface area contributed by atoms with Crippen LogP contribution in [0.4, 0.5) is 5.69 Å². The van der Waals surface area contributed by atoms with Crippen molar-refractivity contribution in [2.45, 2.75) is 33.7 Å². The summed E-state index contributed by atoms with van der Waals surface area (Å²) in [4.78, 5) is 31.1. The number of aromatic amines is 1. The molecule has 0 aliphatic carbocycles. The van der Waals surface area contributed by atoms with Crippen LogP contribution in [0.5, 0.6) is 0 Å². The Morgan fingerprint density at radius 1 is 1.30 bits per heavy atom. The molecule has 1 amide bonds. The Morgan fingerprint density at radius 3 is 2.85 bits per heavy atom. The zero-order chi connectivity index (χ0) is 19.4. The predicted molar refractivity (Wildman–Crippen MR) is 102 cm³/mol. The van der Waals surface area contributed by atoms with Crippen LogP contribution in [0.25, 0.3) is 11.4 Å². The summed E-state index contributed by atoms with van der Waals surface area (Å²) in [6.45, 7) is 6.74. The van der Waals surface area contributed by atoms with Crippen molar-refractivity contribution in [3.63, 3.8) is 0 Å². The average molecular weight is 366 g/mol. The number of hydrogen-bond donors (Lipinski definition) is 2. The maximum atomic E-state index is 12.4. The minimum Gasteiger partial charge on any atom is -0.321 e. The van der Waals surface area contributed by atoms with Gasteiger partial charge in [-0.15, -0.1) is 5.10 Å². The van der Waals surface area contributed by atoms with Gasteiger partial charge in [0, 0.05) is 29.6 Å². The molecule has 0 atom stereocenters. The fraction of sp³-hybridized carbons (Fsp3) is 0.316. The number of nitrogens with zero attached hydrogens (tertiary/aromatic N) is 4. The maximum absolute atomic E-state index is 12.4. The molecule has 3 rings (SSSR count). The lowest BCUT2D eigenvalue weighted by molar-refractivity contribution is 0.102. The summed E-state index contributed by atoms with van der Waals surface area (Å²) in [5, 5.41) is 10.7. The van der Waals surface area contributed by atoms with Gasteiger partial charge in [-0.1, -0.05) is 31.2 Å². The van der Waals surface area contributed by atoms with Crippen LogP contribution in [-0.4, -0.2) is 30.9 Å². The molecule has 8 heteroatoms. The van der Waals surface area contributed by atoms with Gasteiger partial charge in [0.2, 0.25) is 0 Å². The highest BCUT2D eigenvalue weighted by molar-refractivity contribution is 6.02. The fourth-order valence-corrected chi connectivity index (χ4v) is 2.56. The molecule has 27 heavy (non-hydrogen) atoms. The quantitative estimate of drug-likeness (QED) is 0.698. The maximum Gasteiger partial charge on any atom is 0.277 e. The van der Waals surface area contributed by atoms with Crippen LogP contribution >= 0.6 is 0 Å². The van der Waals surface area contributed by atoms with E-state index in [0.717, 1.165) is 13.0 Å². The lowest BCUT2D eigenvalue weighted by Gasteiger charge is -2.06. The Kier molecular flexibility index (Phi) is 5.44. The fourth-order valence-electron chi connectivity index (χ4n) is 2.56. The molecule has 2 N–H and O–H groups in total. The largest absolute Gasteiger partial charge is 0.321 e. The van der Waals surface area contributed by atoms with Gasteiger partial charge in [0.1, 0.15) is 5.82 Å². The second-order valence-corrected chi connectivity index (χ2v) is 6.82. The molecule has 0 fully saturated rings. The average Bonchev–Trinajstić information content (AvgIpc) is 3.08. The minimum absolute atomic E-state index is 0.218. The molecular formula is C19H22N6O2. The third-order valence-corrected chi connectivity index (χ3v) is 3.97. The molecule has 140 valence electrons. The standard InChI is InChI=1S/C19H22N6O2/c1-12(2)7-8-25-11-16(23-24-25)19(27)21-15-6-4-5-14(10-15)18-20-13(3)9-17(26)22-18/h4-6,9-12H,7-8H2,1-3H3,(H,21,27)(H,20,22,26). The number of carbonyl (C=O) groups is 1. The van der Waals surface area contributed by atoms with E-state index in [1.165, 1.54) is 6.07 Å². The number of aryl methyl sites for hydroxylation is 2. The van der Waals surface area contributed by atoms with Crippen molar-refractivity contribution >= 4 is 11.6 Å². The van der Waals surface area contributed by atoms with E-state index in [1.807, 2.05) is 6.07 Å². The number of rotatable bonds is 6. The smallest absolute Gasteiger partial charge is 0.277 e. The second kappa shape index (κ2) is 7.94. The number of anilines is 1. The molecule has 0 aliphatic rings. The lowest BCUT2D eigenvalue weighted by atomic mass is 10.1. The van der Waals surface area contributed by atoms with E-state index in [1.54, 1.807) is 36.0 Å².